The monoisotopic (exact) mass is 253 g/mol. The first-order chi connectivity index (χ1) is 8.01. The summed E-state index contributed by atoms with van der Waals surface area (Å²) >= 11 is 0. The van der Waals surface area contributed by atoms with E-state index in [9.17, 15) is 8.42 Å². The molecule has 1 aliphatic carbocycles. The maximum atomic E-state index is 12.4. The third kappa shape index (κ3) is 2.53. The van der Waals surface area contributed by atoms with Crippen molar-refractivity contribution < 1.29 is 8.42 Å². The summed E-state index contributed by atoms with van der Waals surface area (Å²) in [4.78, 5) is 0.432. The first-order valence-electron chi connectivity index (χ1n) is 6.04. The van der Waals surface area contributed by atoms with Gasteiger partial charge in [-0.25, -0.2) is 12.7 Å². The van der Waals surface area contributed by atoms with E-state index in [-0.39, 0.29) is 0 Å². The van der Waals surface area contributed by atoms with Crippen molar-refractivity contribution >= 4 is 10.0 Å². The maximum Gasteiger partial charge on any atom is 0.243 e. The summed E-state index contributed by atoms with van der Waals surface area (Å²) in [6.45, 7) is 2.49. The van der Waals surface area contributed by atoms with Crippen molar-refractivity contribution in [1.82, 2.24) is 4.31 Å². The number of benzene rings is 1. The normalized spacial score (nSPS) is 17.1. The van der Waals surface area contributed by atoms with Crippen molar-refractivity contribution in [3.8, 4) is 0 Å². The number of hydrogen-bond acceptors (Lipinski definition) is 2. The lowest BCUT2D eigenvalue weighted by Gasteiger charge is -2.29. The predicted molar refractivity (Wildman–Crippen MR) is 68.3 cm³/mol. The van der Waals surface area contributed by atoms with Crippen LogP contribution >= 0.6 is 0 Å². The third-order valence-corrected chi connectivity index (χ3v) is 5.51. The molecule has 94 valence electrons. The summed E-state index contributed by atoms with van der Waals surface area (Å²) in [6.07, 6.45) is 3.56. The lowest BCUT2D eigenvalue weighted by molar-refractivity contribution is 0.263. The summed E-state index contributed by atoms with van der Waals surface area (Å²) in [6, 6.07) is 7.16. The van der Waals surface area contributed by atoms with E-state index in [4.69, 9.17) is 0 Å². The van der Waals surface area contributed by atoms with Gasteiger partial charge in [0.2, 0.25) is 10.0 Å². The quantitative estimate of drug-likeness (QED) is 0.826. The summed E-state index contributed by atoms with van der Waals surface area (Å²) in [5.74, 6) is 0.554. The molecule has 2 rings (SSSR count). The molecule has 0 radical (unpaired) electrons. The van der Waals surface area contributed by atoms with Crippen LogP contribution in [0.3, 0.4) is 0 Å². The zero-order valence-corrected chi connectivity index (χ0v) is 11.2. The number of rotatable bonds is 4. The van der Waals surface area contributed by atoms with Crippen molar-refractivity contribution in [3.05, 3.63) is 29.8 Å². The number of hydrogen-bond donors (Lipinski definition) is 0. The molecule has 1 aromatic carbocycles. The standard InChI is InChI=1S/C13H19NO2S/c1-11-6-3-4-9-13(11)17(15,16)14(2)10-12-7-5-8-12/h3-4,6,9,12H,5,7-8,10H2,1-2H3. The predicted octanol–water partition coefficient (Wildman–Crippen LogP) is 2.42. The van der Waals surface area contributed by atoms with Crippen LogP contribution in [-0.4, -0.2) is 26.3 Å². The van der Waals surface area contributed by atoms with Gasteiger partial charge in [0.1, 0.15) is 0 Å². The lowest BCUT2D eigenvalue weighted by Crippen LogP contribution is -2.34. The molecule has 0 heterocycles. The molecule has 0 amide bonds. The van der Waals surface area contributed by atoms with Gasteiger partial charge in [0.05, 0.1) is 4.90 Å². The highest BCUT2D eigenvalue weighted by molar-refractivity contribution is 7.89. The van der Waals surface area contributed by atoms with Crippen molar-refractivity contribution in [3.63, 3.8) is 0 Å². The second-order valence-corrected chi connectivity index (χ2v) is 6.86. The van der Waals surface area contributed by atoms with E-state index in [0.29, 0.717) is 17.4 Å². The van der Waals surface area contributed by atoms with E-state index in [1.165, 1.54) is 10.7 Å². The Hall–Kier alpha value is -0.870. The highest BCUT2D eigenvalue weighted by Gasteiger charge is 2.27. The van der Waals surface area contributed by atoms with Gasteiger partial charge in [-0.15, -0.1) is 0 Å². The van der Waals surface area contributed by atoms with Crippen LogP contribution in [0.4, 0.5) is 0 Å². The molecule has 17 heavy (non-hydrogen) atoms. The van der Waals surface area contributed by atoms with Crippen molar-refractivity contribution in [2.45, 2.75) is 31.1 Å². The second-order valence-electron chi connectivity index (χ2n) is 4.85. The second kappa shape index (κ2) is 4.78. The van der Waals surface area contributed by atoms with Gasteiger partial charge in [-0.2, -0.15) is 0 Å². The number of aryl methyl sites for hydroxylation is 1. The van der Waals surface area contributed by atoms with E-state index in [2.05, 4.69) is 0 Å². The Bertz CT molecular complexity index is 492. The molecule has 3 nitrogen and oxygen atoms in total. The van der Waals surface area contributed by atoms with Gasteiger partial charge in [-0.1, -0.05) is 24.6 Å². The van der Waals surface area contributed by atoms with Crippen molar-refractivity contribution in [1.29, 1.82) is 0 Å². The number of sulfonamides is 1. The van der Waals surface area contributed by atoms with Gasteiger partial charge < -0.3 is 0 Å². The molecule has 0 saturated heterocycles. The van der Waals surface area contributed by atoms with Gasteiger partial charge in [0, 0.05) is 13.6 Å². The van der Waals surface area contributed by atoms with E-state index in [1.807, 2.05) is 19.1 Å². The van der Waals surface area contributed by atoms with Gasteiger partial charge in [0.15, 0.2) is 0 Å². The van der Waals surface area contributed by atoms with Crippen molar-refractivity contribution in [2.75, 3.05) is 13.6 Å². The molecule has 0 bridgehead atoms. The van der Waals surface area contributed by atoms with Crippen LogP contribution in [0.5, 0.6) is 0 Å². The molecule has 0 spiro atoms. The van der Waals surface area contributed by atoms with Crippen LogP contribution < -0.4 is 0 Å². The van der Waals surface area contributed by atoms with Crippen LogP contribution in [0.15, 0.2) is 29.2 Å². The average molecular weight is 253 g/mol. The molecule has 1 aromatic rings. The zero-order valence-electron chi connectivity index (χ0n) is 10.4. The van der Waals surface area contributed by atoms with Crippen molar-refractivity contribution in [2.24, 2.45) is 5.92 Å². The molecule has 0 unspecified atom stereocenters. The summed E-state index contributed by atoms with van der Waals surface area (Å²) < 4.78 is 26.2. The Morgan fingerprint density at radius 3 is 2.47 bits per heavy atom. The van der Waals surface area contributed by atoms with Gasteiger partial charge in [-0.05, 0) is 37.3 Å². The molecule has 1 saturated carbocycles. The SMILES string of the molecule is Cc1ccccc1S(=O)(=O)N(C)CC1CCC1. The first-order valence-corrected chi connectivity index (χ1v) is 7.48. The summed E-state index contributed by atoms with van der Waals surface area (Å²) in [5.41, 5.74) is 0.813. The summed E-state index contributed by atoms with van der Waals surface area (Å²) in [7, 11) is -1.63. The first kappa shape index (κ1) is 12.6. The molecule has 0 N–H and O–H groups in total. The van der Waals surface area contributed by atoms with Gasteiger partial charge in [-0.3, -0.25) is 0 Å². The number of nitrogens with zero attached hydrogens (tertiary/aromatic N) is 1. The fraction of sp³-hybridized carbons (Fsp3) is 0.538. The minimum Gasteiger partial charge on any atom is -0.207 e. The van der Waals surface area contributed by atoms with Crippen LogP contribution in [0.2, 0.25) is 0 Å². The van der Waals surface area contributed by atoms with E-state index >= 15 is 0 Å². The Morgan fingerprint density at radius 2 is 1.94 bits per heavy atom. The minimum absolute atomic E-state index is 0.432. The fourth-order valence-corrected chi connectivity index (χ4v) is 3.62. The van der Waals surface area contributed by atoms with Crippen LogP contribution in [-0.2, 0) is 10.0 Å². The molecule has 1 fully saturated rings. The molecule has 0 atom stereocenters. The smallest absolute Gasteiger partial charge is 0.207 e. The Labute approximate surface area is 104 Å². The third-order valence-electron chi connectivity index (χ3n) is 3.52. The highest BCUT2D eigenvalue weighted by atomic mass is 32.2. The Morgan fingerprint density at radius 1 is 1.29 bits per heavy atom. The fourth-order valence-electron chi connectivity index (χ4n) is 2.15. The van der Waals surface area contributed by atoms with Gasteiger partial charge >= 0.3 is 0 Å². The average Bonchev–Trinajstić information content (AvgIpc) is 2.23. The molecule has 0 aliphatic heterocycles. The summed E-state index contributed by atoms with van der Waals surface area (Å²) in [5, 5.41) is 0. The van der Waals surface area contributed by atoms with Crippen LogP contribution in [0.25, 0.3) is 0 Å². The molecule has 0 aromatic heterocycles. The van der Waals surface area contributed by atoms with E-state index in [1.54, 1.807) is 19.2 Å². The molecular weight excluding hydrogens is 234 g/mol. The van der Waals surface area contributed by atoms with E-state index in [0.717, 1.165) is 18.4 Å². The lowest BCUT2D eigenvalue weighted by atomic mass is 9.86. The molecule has 1 aliphatic rings. The maximum absolute atomic E-state index is 12.4. The largest absolute Gasteiger partial charge is 0.243 e. The van der Waals surface area contributed by atoms with Crippen LogP contribution in [0.1, 0.15) is 24.8 Å². The Balaban J connectivity index is 2.20. The molecular formula is C13H19NO2S. The highest BCUT2D eigenvalue weighted by Crippen LogP contribution is 2.28. The topological polar surface area (TPSA) is 37.4 Å². The minimum atomic E-state index is -3.31. The zero-order chi connectivity index (χ0) is 12.5. The van der Waals surface area contributed by atoms with Crippen LogP contribution in [0, 0.1) is 12.8 Å². The molecule has 4 heteroatoms. The van der Waals surface area contributed by atoms with Gasteiger partial charge in [0.25, 0.3) is 0 Å². The Kier molecular flexibility index (Phi) is 3.54. The van der Waals surface area contributed by atoms with E-state index < -0.39 is 10.0 Å².